The van der Waals surface area contributed by atoms with Gasteiger partial charge in [0.05, 0.1) is 11.4 Å². The third-order valence-electron chi connectivity index (χ3n) is 7.86. The number of aromatic nitrogens is 5. The van der Waals surface area contributed by atoms with Crippen LogP contribution in [0.4, 0.5) is 27.7 Å². The van der Waals surface area contributed by atoms with Gasteiger partial charge in [-0.3, -0.25) is 4.90 Å². The molecule has 3 aliphatic heterocycles. The molecular formula is C28H30FN9S. The first-order valence-corrected chi connectivity index (χ1v) is 14.5. The van der Waals surface area contributed by atoms with Crippen LogP contribution in [0.3, 0.4) is 0 Å². The Morgan fingerprint density at radius 1 is 1.03 bits per heavy atom. The van der Waals surface area contributed by atoms with Gasteiger partial charge in [0.15, 0.2) is 5.82 Å². The van der Waals surface area contributed by atoms with Gasteiger partial charge in [0, 0.05) is 47.6 Å². The summed E-state index contributed by atoms with van der Waals surface area (Å²) in [7, 11) is 0. The van der Waals surface area contributed by atoms with Crippen LogP contribution >= 0.6 is 11.8 Å². The lowest BCUT2D eigenvalue weighted by molar-refractivity contribution is 0.133. The summed E-state index contributed by atoms with van der Waals surface area (Å²) >= 11 is 1.82. The number of hydrogen-bond donors (Lipinski definition) is 2. The van der Waals surface area contributed by atoms with E-state index in [1.165, 1.54) is 34.9 Å². The number of fused-ring (bicyclic) bond motifs is 4. The van der Waals surface area contributed by atoms with Crippen molar-refractivity contribution < 1.29 is 4.39 Å². The van der Waals surface area contributed by atoms with Crippen molar-refractivity contribution >= 4 is 35.0 Å². The number of hydrogen-bond acceptors (Lipinski definition) is 9. The van der Waals surface area contributed by atoms with Crippen LogP contribution in [0.1, 0.15) is 24.8 Å². The molecule has 3 N–H and O–H groups in total. The number of benzene rings is 2. The number of aryl methyl sites for hydroxylation is 1. The molecule has 5 heterocycles. The number of piperazine rings is 1. The van der Waals surface area contributed by atoms with Crippen molar-refractivity contribution in [3.05, 3.63) is 59.9 Å². The number of nitrogen functional groups attached to an aromatic ring is 1. The Morgan fingerprint density at radius 3 is 2.87 bits per heavy atom. The first kappa shape index (κ1) is 24.3. The minimum Gasteiger partial charge on any atom is -0.368 e. The largest absolute Gasteiger partial charge is 0.368 e. The minimum absolute atomic E-state index is 0.178. The Kier molecular flexibility index (Phi) is 6.32. The number of thioether (sulfide) groups is 1. The molecule has 2 fully saturated rings. The van der Waals surface area contributed by atoms with Crippen molar-refractivity contribution in [3.8, 4) is 17.1 Å². The average molecular weight is 544 g/mol. The van der Waals surface area contributed by atoms with Crippen LogP contribution in [-0.4, -0.2) is 67.8 Å². The molecule has 0 spiro atoms. The summed E-state index contributed by atoms with van der Waals surface area (Å²) in [5.74, 6) is 1.64. The summed E-state index contributed by atoms with van der Waals surface area (Å²) in [5, 5.41) is 16.5. The number of piperidine rings is 1. The molecule has 1 unspecified atom stereocenters. The SMILES string of the molecule is Nc1nc(Nc2ccc(N3CCN4CCCCC4C3)c(F)c2)nn1-c1cc2c(nn1)-c1ccccc1SCC2. The van der Waals surface area contributed by atoms with Crippen LogP contribution in [0, 0.1) is 5.82 Å². The van der Waals surface area contributed by atoms with Gasteiger partial charge in [-0.1, -0.05) is 24.6 Å². The Balaban J connectivity index is 1.10. The van der Waals surface area contributed by atoms with Crippen molar-refractivity contribution in [3.63, 3.8) is 0 Å². The maximum absolute atomic E-state index is 15.2. The summed E-state index contributed by atoms with van der Waals surface area (Å²) in [5.41, 5.74) is 10.5. The van der Waals surface area contributed by atoms with Gasteiger partial charge in [-0.2, -0.15) is 9.67 Å². The molecule has 11 heteroatoms. The standard InChI is InChI=1S/C28H30FN9S/c29-22-16-19(8-9-23(22)37-13-12-36-11-4-3-5-20(36)17-37)31-28-32-27(30)38(35-28)25-15-18-10-14-39-24-7-2-1-6-21(24)26(18)34-33-25/h1-2,6-9,15-16,20H,3-5,10-14,17H2,(H3,30,31,32,35). The second-order valence-corrected chi connectivity index (χ2v) is 11.4. The highest BCUT2D eigenvalue weighted by molar-refractivity contribution is 7.99. The van der Waals surface area contributed by atoms with E-state index in [1.54, 1.807) is 0 Å². The van der Waals surface area contributed by atoms with Gasteiger partial charge >= 0.3 is 0 Å². The number of nitrogens with two attached hydrogens (primary N) is 1. The lowest BCUT2D eigenvalue weighted by Crippen LogP contribution is -2.55. The topological polar surface area (TPSA) is 101 Å². The molecular weight excluding hydrogens is 513 g/mol. The predicted octanol–water partition coefficient (Wildman–Crippen LogP) is 4.51. The highest BCUT2D eigenvalue weighted by Crippen LogP contribution is 2.36. The Hall–Kier alpha value is -3.70. The summed E-state index contributed by atoms with van der Waals surface area (Å²) in [4.78, 5) is 10.3. The maximum atomic E-state index is 15.2. The highest BCUT2D eigenvalue weighted by atomic mass is 32.2. The summed E-state index contributed by atoms with van der Waals surface area (Å²) in [6.45, 7) is 3.87. The molecule has 9 nitrogen and oxygen atoms in total. The monoisotopic (exact) mass is 543 g/mol. The van der Waals surface area contributed by atoms with Gasteiger partial charge in [-0.25, -0.2) is 4.39 Å². The van der Waals surface area contributed by atoms with E-state index in [0.29, 0.717) is 23.2 Å². The van der Waals surface area contributed by atoms with E-state index in [9.17, 15) is 0 Å². The summed E-state index contributed by atoms with van der Waals surface area (Å²) in [6.07, 6.45) is 4.58. The zero-order valence-electron chi connectivity index (χ0n) is 21.6. The zero-order chi connectivity index (χ0) is 26.3. The van der Waals surface area contributed by atoms with Crippen molar-refractivity contribution in [2.45, 2.75) is 36.6 Å². The Morgan fingerprint density at radius 2 is 1.95 bits per heavy atom. The van der Waals surface area contributed by atoms with E-state index in [-0.39, 0.29) is 17.7 Å². The van der Waals surface area contributed by atoms with Crippen molar-refractivity contribution in [1.82, 2.24) is 29.9 Å². The van der Waals surface area contributed by atoms with E-state index in [1.807, 2.05) is 42.1 Å². The predicted molar refractivity (Wildman–Crippen MR) is 152 cm³/mol. The molecule has 0 aliphatic carbocycles. The fourth-order valence-electron chi connectivity index (χ4n) is 5.89. The molecule has 0 amide bonds. The molecule has 2 aromatic carbocycles. The van der Waals surface area contributed by atoms with E-state index in [4.69, 9.17) is 5.73 Å². The summed E-state index contributed by atoms with van der Waals surface area (Å²) < 4.78 is 16.7. The molecule has 200 valence electrons. The zero-order valence-corrected chi connectivity index (χ0v) is 22.4. The number of nitrogens with zero attached hydrogens (tertiary/aromatic N) is 7. The Bertz CT molecular complexity index is 1520. The van der Waals surface area contributed by atoms with E-state index < -0.39 is 0 Å². The van der Waals surface area contributed by atoms with Gasteiger partial charge in [-0.15, -0.1) is 27.1 Å². The lowest BCUT2D eigenvalue weighted by Gasteiger charge is -2.45. The van der Waals surface area contributed by atoms with Gasteiger partial charge in [-0.05, 0) is 61.7 Å². The molecule has 2 saturated heterocycles. The van der Waals surface area contributed by atoms with E-state index in [0.717, 1.165) is 55.2 Å². The fourth-order valence-corrected chi connectivity index (χ4v) is 6.93. The van der Waals surface area contributed by atoms with Crippen molar-refractivity contribution in [2.75, 3.05) is 47.9 Å². The molecule has 39 heavy (non-hydrogen) atoms. The van der Waals surface area contributed by atoms with E-state index >= 15 is 4.39 Å². The maximum Gasteiger partial charge on any atom is 0.248 e. The van der Waals surface area contributed by atoms with Crippen LogP contribution in [0.15, 0.2) is 53.4 Å². The molecule has 2 aromatic heterocycles. The molecule has 0 radical (unpaired) electrons. The van der Waals surface area contributed by atoms with Crippen LogP contribution in [0.25, 0.3) is 17.1 Å². The quantitative estimate of drug-likeness (QED) is 0.385. The molecule has 4 aromatic rings. The van der Waals surface area contributed by atoms with Gasteiger partial charge in [0.1, 0.15) is 5.82 Å². The fraction of sp³-hybridized carbons (Fsp3) is 0.357. The van der Waals surface area contributed by atoms with Gasteiger partial charge in [0.25, 0.3) is 0 Å². The molecule has 0 bridgehead atoms. The summed E-state index contributed by atoms with van der Waals surface area (Å²) in [6, 6.07) is 15.9. The van der Waals surface area contributed by atoms with Gasteiger partial charge < -0.3 is 16.0 Å². The molecule has 3 aliphatic rings. The third-order valence-corrected chi connectivity index (χ3v) is 8.94. The van der Waals surface area contributed by atoms with Crippen molar-refractivity contribution in [2.24, 2.45) is 0 Å². The first-order valence-electron chi connectivity index (χ1n) is 13.5. The smallest absolute Gasteiger partial charge is 0.248 e. The van der Waals surface area contributed by atoms with Crippen molar-refractivity contribution in [1.29, 1.82) is 0 Å². The third kappa shape index (κ3) is 4.70. The van der Waals surface area contributed by atoms with Crippen LogP contribution in [-0.2, 0) is 6.42 Å². The number of halogens is 1. The molecule has 7 rings (SSSR count). The Labute approximate surface area is 230 Å². The first-order chi connectivity index (χ1) is 19.1. The van der Waals surface area contributed by atoms with Gasteiger partial charge in [0.2, 0.25) is 11.9 Å². The molecule has 1 atom stereocenters. The van der Waals surface area contributed by atoms with Crippen LogP contribution in [0.5, 0.6) is 0 Å². The highest BCUT2D eigenvalue weighted by Gasteiger charge is 2.30. The van der Waals surface area contributed by atoms with Crippen LogP contribution in [0.2, 0.25) is 0 Å². The van der Waals surface area contributed by atoms with Crippen LogP contribution < -0.4 is 16.0 Å². The number of anilines is 4. The van der Waals surface area contributed by atoms with E-state index in [2.05, 4.69) is 47.5 Å². The normalized spacial score (nSPS) is 19.1. The minimum atomic E-state index is -0.258. The molecule has 0 saturated carbocycles. The number of rotatable bonds is 4. The second-order valence-electron chi connectivity index (χ2n) is 10.3. The lowest BCUT2D eigenvalue weighted by atomic mass is 9.99. The average Bonchev–Trinajstić information content (AvgIpc) is 3.21. The number of nitrogens with one attached hydrogen (secondary N) is 1. The second kappa shape index (κ2) is 10.1.